The van der Waals surface area contributed by atoms with Crippen molar-refractivity contribution in [3.8, 4) is 0 Å². The molecule has 2 aromatic rings. The van der Waals surface area contributed by atoms with E-state index in [0.29, 0.717) is 11.6 Å². The van der Waals surface area contributed by atoms with E-state index in [1.807, 2.05) is 0 Å². The highest BCUT2D eigenvalue weighted by molar-refractivity contribution is 7.18. The van der Waals surface area contributed by atoms with Crippen LogP contribution in [0.15, 0.2) is 11.7 Å². The van der Waals surface area contributed by atoms with E-state index in [-0.39, 0.29) is 5.56 Å². The van der Waals surface area contributed by atoms with E-state index in [1.54, 1.807) is 5.38 Å². The number of aromatic carboxylic acids is 1. The maximum absolute atomic E-state index is 11.0. The van der Waals surface area contributed by atoms with E-state index in [9.17, 15) is 4.79 Å². The summed E-state index contributed by atoms with van der Waals surface area (Å²) in [5, 5.41) is 14.0. The van der Waals surface area contributed by atoms with Gasteiger partial charge in [-0.25, -0.2) is 14.8 Å². The van der Waals surface area contributed by atoms with Gasteiger partial charge in [-0.15, -0.1) is 11.3 Å². The van der Waals surface area contributed by atoms with Crippen molar-refractivity contribution in [2.24, 2.45) is 0 Å². The summed E-state index contributed by atoms with van der Waals surface area (Å²) < 4.78 is 0.810. The van der Waals surface area contributed by atoms with Gasteiger partial charge in [0.2, 0.25) is 0 Å². The highest BCUT2D eigenvalue weighted by Gasteiger charge is 2.24. The molecule has 2 aromatic heterocycles. The number of thiophene rings is 1. The third kappa shape index (κ3) is 1.81. The molecule has 0 spiro atoms. The van der Waals surface area contributed by atoms with Gasteiger partial charge in [-0.2, -0.15) is 0 Å². The summed E-state index contributed by atoms with van der Waals surface area (Å²) in [6.07, 6.45) is 1.41. The number of hydrogen-bond donors (Lipinski definition) is 2. The van der Waals surface area contributed by atoms with Crippen molar-refractivity contribution in [1.82, 2.24) is 14.9 Å². The largest absolute Gasteiger partial charge is 0.478 e. The summed E-state index contributed by atoms with van der Waals surface area (Å²) in [6.45, 7) is 1.95. The van der Waals surface area contributed by atoms with Crippen molar-refractivity contribution in [3.05, 3.63) is 17.3 Å². The molecule has 0 saturated carbocycles. The molecule has 18 heavy (non-hydrogen) atoms. The molecule has 0 aromatic carbocycles. The monoisotopic (exact) mass is 264 g/mol. The van der Waals surface area contributed by atoms with E-state index in [1.165, 1.54) is 17.7 Å². The molecule has 1 aliphatic heterocycles. The minimum Gasteiger partial charge on any atom is -0.478 e. The predicted octanol–water partition coefficient (Wildman–Crippen LogP) is 1.12. The molecule has 2 N–H and O–H groups in total. The Morgan fingerprint density at radius 1 is 1.56 bits per heavy atom. The second-order valence-corrected chi connectivity index (χ2v) is 5.30. The third-order valence-electron chi connectivity index (χ3n) is 2.99. The second-order valence-electron chi connectivity index (χ2n) is 4.42. The molecular formula is C11H12N4O2S. The van der Waals surface area contributed by atoms with Crippen LogP contribution in [-0.4, -0.2) is 52.1 Å². The maximum atomic E-state index is 11.0. The fourth-order valence-corrected chi connectivity index (χ4v) is 3.03. The van der Waals surface area contributed by atoms with Gasteiger partial charge in [0.1, 0.15) is 17.7 Å². The van der Waals surface area contributed by atoms with Crippen LogP contribution in [0.2, 0.25) is 0 Å². The van der Waals surface area contributed by atoms with Gasteiger partial charge in [0, 0.05) is 18.5 Å². The molecule has 3 rings (SSSR count). The number of likely N-dealkylation sites (N-methyl/N-ethyl adjacent to an activating group) is 1. The van der Waals surface area contributed by atoms with Crippen LogP contribution in [0.3, 0.4) is 0 Å². The van der Waals surface area contributed by atoms with Crippen LogP contribution in [0, 0.1) is 0 Å². The van der Waals surface area contributed by atoms with Gasteiger partial charge < -0.3 is 15.3 Å². The summed E-state index contributed by atoms with van der Waals surface area (Å²) >= 11 is 1.36. The Bertz CT molecular complexity index is 606. The third-order valence-corrected chi connectivity index (χ3v) is 3.96. The molecule has 7 heteroatoms. The van der Waals surface area contributed by atoms with E-state index in [0.717, 1.165) is 23.6 Å². The highest BCUT2D eigenvalue weighted by atomic mass is 32.1. The number of carboxylic acid groups (broad SMARTS) is 1. The Morgan fingerprint density at radius 2 is 2.33 bits per heavy atom. The molecular weight excluding hydrogens is 252 g/mol. The number of nitrogens with zero attached hydrogens (tertiary/aromatic N) is 3. The van der Waals surface area contributed by atoms with Crippen LogP contribution < -0.4 is 5.32 Å². The van der Waals surface area contributed by atoms with Crippen LogP contribution in [0.4, 0.5) is 5.82 Å². The summed E-state index contributed by atoms with van der Waals surface area (Å²) in [4.78, 5) is 21.5. The average Bonchev–Trinajstić information content (AvgIpc) is 2.71. The first-order valence-corrected chi connectivity index (χ1v) is 6.43. The lowest BCUT2D eigenvalue weighted by Crippen LogP contribution is -2.52. The quantitative estimate of drug-likeness (QED) is 0.864. The lowest BCUT2D eigenvalue weighted by molar-refractivity contribution is 0.0699. The lowest BCUT2D eigenvalue weighted by Gasteiger charge is -2.36. The van der Waals surface area contributed by atoms with Crippen LogP contribution in [-0.2, 0) is 0 Å². The topological polar surface area (TPSA) is 78.3 Å². The van der Waals surface area contributed by atoms with Crippen molar-refractivity contribution in [2.45, 2.75) is 6.04 Å². The van der Waals surface area contributed by atoms with Crippen molar-refractivity contribution in [1.29, 1.82) is 0 Å². The summed E-state index contributed by atoms with van der Waals surface area (Å²) in [6, 6.07) is 0.378. The van der Waals surface area contributed by atoms with Gasteiger partial charge in [-0.1, -0.05) is 0 Å². The summed E-state index contributed by atoms with van der Waals surface area (Å²) in [7, 11) is 2.06. The van der Waals surface area contributed by atoms with Gasteiger partial charge in [0.15, 0.2) is 0 Å². The first-order valence-electron chi connectivity index (χ1n) is 5.55. The Kier molecular flexibility index (Phi) is 2.64. The zero-order valence-corrected chi connectivity index (χ0v) is 10.6. The molecule has 1 aliphatic rings. The zero-order valence-electron chi connectivity index (χ0n) is 9.75. The smallest absolute Gasteiger partial charge is 0.338 e. The molecule has 0 amide bonds. The Morgan fingerprint density at radius 3 is 3.00 bits per heavy atom. The molecule has 0 bridgehead atoms. The fraction of sp³-hybridized carbons (Fsp3) is 0.364. The molecule has 94 valence electrons. The number of rotatable bonds is 3. The normalized spacial score (nSPS) is 16.7. The average molecular weight is 264 g/mol. The minimum absolute atomic E-state index is 0.242. The minimum atomic E-state index is -0.950. The lowest BCUT2D eigenvalue weighted by atomic mass is 10.1. The standard InChI is InChI=1S/C11H12N4O2S/c1-15-2-6(3-15)14-10-9-8(12-5-13-10)7(4-18-9)11(16)17/h4-6H,2-3H2,1H3,(H,16,17)(H,12,13,14). The van der Waals surface area contributed by atoms with E-state index < -0.39 is 5.97 Å². The number of carbonyl (C=O) groups is 1. The van der Waals surface area contributed by atoms with Gasteiger partial charge in [-0.05, 0) is 7.05 Å². The Labute approximate surface area is 107 Å². The molecule has 3 heterocycles. The van der Waals surface area contributed by atoms with Gasteiger partial charge in [0.25, 0.3) is 0 Å². The SMILES string of the molecule is CN1CC(Nc2ncnc3c(C(=O)O)csc23)C1. The van der Waals surface area contributed by atoms with Crippen LogP contribution in [0.5, 0.6) is 0 Å². The second kappa shape index (κ2) is 4.18. The zero-order chi connectivity index (χ0) is 12.7. The number of likely N-dealkylation sites (tertiary alicyclic amines) is 1. The number of nitrogens with one attached hydrogen (secondary N) is 1. The predicted molar refractivity (Wildman–Crippen MR) is 69.3 cm³/mol. The summed E-state index contributed by atoms with van der Waals surface area (Å²) in [5.41, 5.74) is 0.754. The van der Waals surface area contributed by atoms with Crippen LogP contribution >= 0.6 is 11.3 Å². The molecule has 0 unspecified atom stereocenters. The van der Waals surface area contributed by atoms with Crippen LogP contribution in [0.25, 0.3) is 10.2 Å². The van der Waals surface area contributed by atoms with Gasteiger partial charge >= 0.3 is 5.97 Å². The van der Waals surface area contributed by atoms with Crippen molar-refractivity contribution >= 4 is 33.3 Å². The number of hydrogen-bond acceptors (Lipinski definition) is 6. The Hall–Kier alpha value is -1.73. The highest BCUT2D eigenvalue weighted by Crippen LogP contribution is 2.29. The number of fused-ring (bicyclic) bond motifs is 1. The number of carboxylic acids is 1. The first kappa shape index (κ1) is 11.4. The van der Waals surface area contributed by atoms with E-state index in [4.69, 9.17) is 5.11 Å². The van der Waals surface area contributed by atoms with Crippen molar-refractivity contribution < 1.29 is 9.90 Å². The Balaban J connectivity index is 1.95. The van der Waals surface area contributed by atoms with E-state index in [2.05, 4.69) is 27.2 Å². The maximum Gasteiger partial charge on any atom is 0.338 e. The number of aromatic nitrogens is 2. The van der Waals surface area contributed by atoms with Gasteiger partial charge in [-0.3, -0.25) is 0 Å². The molecule has 1 fully saturated rings. The molecule has 1 saturated heterocycles. The van der Waals surface area contributed by atoms with Crippen LogP contribution in [0.1, 0.15) is 10.4 Å². The number of anilines is 1. The molecule has 6 nitrogen and oxygen atoms in total. The van der Waals surface area contributed by atoms with Gasteiger partial charge in [0.05, 0.1) is 16.3 Å². The van der Waals surface area contributed by atoms with Crippen molar-refractivity contribution in [2.75, 3.05) is 25.5 Å². The summed E-state index contributed by atoms with van der Waals surface area (Å²) in [5.74, 6) is -0.218. The first-order chi connectivity index (χ1) is 8.65. The molecule has 0 radical (unpaired) electrons. The molecule has 0 aliphatic carbocycles. The van der Waals surface area contributed by atoms with Crippen molar-refractivity contribution in [3.63, 3.8) is 0 Å². The van der Waals surface area contributed by atoms with E-state index >= 15 is 0 Å². The molecule has 0 atom stereocenters. The fourth-order valence-electron chi connectivity index (χ4n) is 2.09.